The summed E-state index contributed by atoms with van der Waals surface area (Å²) >= 11 is 0. The molecule has 2 heterocycles. The molecular weight excluding hydrogens is 314 g/mol. The Balaban J connectivity index is 1.64. The molecule has 0 bridgehead atoms. The van der Waals surface area contributed by atoms with Crippen LogP contribution in [-0.2, 0) is 11.3 Å². The van der Waals surface area contributed by atoms with Crippen molar-refractivity contribution in [1.29, 1.82) is 0 Å². The van der Waals surface area contributed by atoms with Crippen LogP contribution >= 0.6 is 0 Å². The molecule has 2 aromatic rings. The maximum absolute atomic E-state index is 12.8. The molecule has 1 N–H and O–H groups in total. The summed E-state index contributed by atoms with van der Waals surface area (Å²) in [5.74, 6) is -0.000352. The second-order valence-corrected chi connectivity index (χ2v) is 6.28. The Morgan fingerprint density at radius 2 is 2.16 bits per heavy atom. The van der Waals surface area contributed by atoms with E-state index < -0.39 is 0 Å². The van der Waals surface area contributed by atoms with Crippen LogP contribution < -0.4 is 5.32 Å². The third kappa shape index (κ3) is 4.79. The number of aromatic nitrogens is 1. The summed E-state index contributed by atoms with van der Waals surface area (Å²) in [5.41, 5.74) is 2.59. The van der Waals surface area contributed by atoms with Gasteiger partial charge in [-0.05, 0) is 31.4 Å². The second kappa shape index (κ2) is 8.62. The minimum atomic E-state index is -0.000352. The smallest absolute Gasteiger partial charge is 0.255 e. The van der Waals surface area contributed by atoms with Gasteiger partial charge >= 0.3 is 0 Å². The highest BCUT2D eigenvalue weighted by Crippen LogP contribution is 2.16. The fourth-order valence-electron chi connectivity index (χ4n) is 3.00. The van der Waals surface area contributed by atoms with Crippen LogP contribution in [0.15, 0.2) is 48.8 Å². The minimum absolute atomic E-state index is 0.000352. The average Bonchev–Trinajstić information content (AvgIpc) is 3.18. The fraction of sp³-hybridized carbons (Fsp3) is 0.400. The summed E-state index contributed by atoms with van der Waals surface area (Å²) in [6, 6.07) is 11.9. The van der Waals surface area contributed by atoms with Gasteiger partial charge in [0, 0.05) is 38.6 Å². The van der Waals surface area contributed by atoms with E-state index in [1.54, 1.807) is 12.4 Å². The molecule has 0 aliphatic carbocycles. The van der Waals surface area contributed by atoms with Crippen LogP contribution in [0.2, 0.25) is 0 Å². The van der Waals surface area contributed by atoms with Gasteiger partial charge in [-0.3, -0.25) is 9.78 Å². The van der Waals surface area contributed by atoms with E-state index in [4.69, 9.17) is 4.74 Å². The molecule has 1 amide bonds. The van der Waals surface area contributed by atoms with Crippen molar-refractivity contribution in [2.45, 2.75) is 32.4 Å². The molecule has 1 saturated heterocycles. The van der Waals surface area contributed by atoms with Crippen LogP contribution in [0.25, 0.3) is 0 Å². The molecule has 3 rings (SSSR count). The molecule has 25 heavy (non-hydrogen) atoms. The number of rotatable bonds is 7. The van der Waals surface area contributed by atoms with Crippen molar-refractivity contribution in [3.05, 3.63) is 59.9 Å². The zero-order valence-electron chi connectivity index (χ0n) is 14.6. The first-order chi connectivity index (χ1) is 12.3. The number of carbonyl (C=O) groups excluding carboxylic acids is 1. The maximum Gasteiger partial charge on any atom is 0.255 e. The van der Waals surface area contributed by atoms with E-state index in [1.165, 1.54) is 0 Å². The number of amides is 1. The Labute approximate surface area is 149 Å². The first-order valence-corrected chi connectivity index (χ1v) is 8.90. The summed E-state index contributed by atoms with van der Waals surface area (Å²) in [7, 11) is 0. The van der Waals surface area contributed by atoms with Crippen molar-refractivity contribution < 1.29 is 9.53 Å². The number of ether oxygens (including phenoxy) is 1. The quantitative estimate of drug-likeness (QED) is 0.841. The summed E-state index contributed by atoms with van der Waals surface area (Å²) in [4.78, 5) is 18.9. The zero-order chi connectivity index (χ0) is 17.5. The SMILES string of the molecule is CCN(Cc1ccccc1)C(=O)c1cncc(NCC2CCCO2)c1. The predicted octanol–water partition coefficient (Wildman–Crippen LogP) is 3.33. The number of pyridine rings is 1. The number of anilines is 1. The van der Waals surface area contributed by atoms with Crippen LogP contribution in [0.1, 0.15) is 35.7 Å². The molecule has 1 unspecified atom stereocenters. The molecule has 1 aromatic heterocycles. The Kier molecular flexibility index (Phi) is 6.01. The van der Waals surface area contributed by atoms with Gasteiger partial charge in [0.1, 0.15) is 0 Å². The molecule has 132 valence electrons. The van der Waals surface area contributed by atoms with Crippen LogP contribution in [-0.4, -0.2) is 41.6 Å². The van der Waals surface area contributed by atoms with Crippen LogP contribution in [0.5, 0.6) is 0 Å². The van der Waals surface area contributed by atoms with Crippen molar-refractivity contribution in [3.8, 4) is 0 Å². The molecule has 5 heteroatoms. The lowest BCUT2D eigenvalue weighted by molar-refractivity contribution is 0.0752. The average molecular weight is 339 g/mol. The molecule has 1 aliphatic rings. The van der Waals surface area contributed by atoms with Crippen molar-refractivity contribution >= 4 is 11.6 Å². The molecule has 0 radical (unpaired) electrons. The Morgan fingerprint density at radius 1 is 1.32 bits per heavy atom. The lowest BCUT2D eigenvalue weighted by Crippen LogP contribution is -2.30. The number of hydrogen-bond donors (Lipinski definition) is 1. The van der Waals surface area contributed by atoms with Crippen molar-refractivity contribution in [3.63, 3.8) is 0 Å². The van der Waals surface area contributed by atoms with Gasteiger partial charge in [-0.2, -0.15) is 0 Å². The summed E-state index contributed by atoms with van der Waals surface area (Å²) in [6.07, 6.45) is 5.84. The van der Waals surface area contributed by atoms with Gasteiger partial charge in [-0.15, -0.1) is 0 Å². The zero-order valence-corrected chi connectivity index (χ0v) is 14.6. The highest BCUT2D eigenvalue weighted by Gasteiger charge is 2.17. The van der Waals surface area contributed by atoms with E-state index in [0.717, 1.165) is 37.2 Å². The van der Waals surface area contributed by atoms with Gasteiger partial charge in [0.05, 0.1) is 17.4 Å². The molecule has 1 fully saturated rings. The molecule has 1 atom stereocenters. The summed E-state index contributed by atoms with van der Waals surface area (Å²) in [5, 5.41) is 3.33. The van der Waals surface area contributed by atoms with E-state index in [9.17, 15) is 4.79 Å². The highest BCUT2D eigenvalue weighted by atomic mass is 16.5. The van der Waals surface area contributed by atoms with E-state index in [2.05, 4.69) is 10.3 Å². The number of nitrogens with one attached hydrogen (secondary N) is 1. The van der Waals surface area contributed by atoms with E-state index in [1.807, 2.05) is 48.2 Å². The fourth-order valence-corrected chi connectivity index (χ4v) is 3.00. The number of benzene rings is 1. The summed E-state index contributed by atoms with van der Waals surface area (Å²) in [6.45, 7) is 4.84. The molecule has 5 nitrogen and oxygen atoms in total. The minimum Gasteiger partial charge on any atom is -0.381 e. The normalized spacial score (nSPS) is 16.6. The molecule has 1 aliphatic heterocycles. The molecule has 0 spiro atoms. The topological polar surface area (TPSA) is 54.5 Å². The van der Waals surface area contributed by atoms with Gasteiger partial charge in [-0.25, -0.2) is 0 Å². The third-order valence-electron chi connectivity index (χ3n) is 4.43. The Hall–Kier alpha value is -2.40. The maximum atomic E-state index is 12.8. The summed E-state index contributed by atoms with van der Waals surface area (Å²) < 4.78 is 5.62. The lowest BCUT2D eigenvalue weighted by atomic mass is 10.1. The molecule has 1 aromatic carbocycles. The molecular formula is C20H25N3O2. The van der Waals surface area contributed by atoms with Crippen molar-refractivity contribution in [2.75, 3.05) is 25.0 Å². The number of hydrogen-bond acceptors (Lipinski definition) is 4. The monoisotopic (exact) mass is 339 g/mol. The van der Waals surface area contributed by atoms with E-state index in [-0.39, 0.29) is 12.0 Å². The van der Waals surface area contributed by atoms with Gasteiger partial charge in [0.2, 0.25) is 0 Å². The first-order valence-electron chi connectivity index (χ1n) is 8.90. The van der Waals surface area contributed by atoms with Gasteiger partial charge in [0.25, 0.3) is 5.91 Å². The second-order valence-electron chi connectivity index (χ2n) is 6.28. The van der Waals surface area contributed by atoms with Crippen LogP contribution in [0, 0.1) is 0 Å². The predicted molar refractivity (Wildman–Crippen MR) is 98.6 cm³/mol. The highest BCUT2D eigenvalue weighted by molar-refractivity contribution is 5.94. The Morgan fingerprint density at radius 3 is 2.88 bits per heavy atom. The van der Waals surface area contributed by atoms with Gasteiger partial charge < -0.3 is 15.0 Å². The van der Waals surface area contributed by atoms with E-state index in [0.29, 0.717) is 18.7 Å². The van der Waals surface area contributed by atoms with Crippen molar-refractivity contribution in [1.82, 2.24) is 9.88 Å². The third-order valence-corrected chi connectivity index (χ3v) is 4.43. The lowest BCUT2D eigenvalue weighted by Gasteiger charge is -2.21. The largest absolute Gasteiger partial charge is 0.381 e. The van der Waals surface area contributed by atoms with E-state index >= 15 is 0 Å². The first kappa shape index (κ1) is 17.4. The number of carbonyl (C=O) groups is 1. The molecule has 0 saturated carbocycles. The van der Waals surface area contributed by atoms with Crippen molar-refractivity contribution in [2.24, 2.45) is 0 Å². The van der Waals surface area contributed by atoms with Gasteiger partial charge in [-0.1, -0.05) is 30.3 Å². The van der Waals surface area contributed by atoms with Crippen LogP contribution in [0.4, 0.5) is 5.69 Å². The van der Waals surface area contributed by atoms with Crippen LogP contribution in [0.3, 0.4) is 0 Å². The number of nitrogens with zero attached hydrogens (tertiary/aromatic N) is 2. The van der Waals surface area contributed by atoms with Gasteiger partial charge in [0.15, 0.2) is 0 Å². The Bertz CT molecular complexity index is 684. The standard InChI is InChI=1S/C20H25N3O2/c1-2-23(15-16-7-4-3-5-8-16)20(24)17-11-18(13-21-12-17)22-14-19-9-6-10-25-19/h3-5,7-8,11-13,19,22H,2,6,9-10,14-15H2,1H3.